The summed E-state index contributed by atoms with van der Waals surface area (Å²) in [6, 6.07) is 0. The van der Waals surface area contributed by atoms with Crippen molar-refractivity contribution in [2.24, 2.45) is 10.8 Å². The number of esters is 2. The summed E-state index contributed by atoms with van der Waals surface area (Å²) in [5, 5.41) is 74.9. The molecule has 2 aromatic heterocycles. The predicted molar refractivity (Wildman–Crippen MR) is 187 cm³/mol. The van der Waals surface area contributed by atoms with Crippen molar-refractivity contribution in [3.05, 3.63) is 12.7 Å². The Morgan fingerprint density at radius 3 is 2.00 bits per heavy atom. The largest absolute Gasteiger partial charge is 0.438 e. The maximum atomic E-state index is 13.4. The van der Waals surface area contributed by atoms with Gasteiger partial charge in [0.2, 0.25) is 13.6 Å². The fourth-order valence-corrected chi connectivity index (χ4v) is 6.20. The van der Waals surface area contributed by atoms with E-state index in [1.807, 2.05) is 0 Å². The van der Waals surface area contributed by atoms with Crippen LogP contribution < -0.4 is 5.32 Å². The van der Waals surface area contributed by atoms with E-state index in [-0.39, 0.29) is 30.1 Å². The molecule has 56 heavy (non-hydrogen) atoms. The first-order valence-electron chi connectivity index (χ1n) is 17.5. The molecule has 0 aromatic carbocycles. The number of fused-ring (bicyclic) bond motifs is 1. The topological polar surface area (TPSA) is 322 Å². The second-order valence-corrected chi connectivity index (χ2v) is 17.0. The molecule has 23 nitrogen and oxygen atoms in total. The Hall–Kier alpha value is -3.00. The number of nitrogens with zero attached hydrogens (tertiary/aromatic N) is 4. The average molecular weight is 826 g/mol. The number of ether oxygens (including phenoxy) is 6. The molecule has 0 saturated carbocycles. The summed E-state index contributed by atoms with van der Waals surface area (Å²) in [5.74, 6) is -1.19. The maximum Gasteiger partial charge on any atom is 0.361 e. The lowest BCUT2D eigenvalue weighted by Gasteiger charge is -2.46. The summed E-state index contributed by atoms with van der Waals surface area (Å²) < 4.78 is 57.9. The van der Waals surface area contributed by atoms with Gasteiger partial charge in [-0.15, -0.1) is 0 Å². The Kier molecular flexibility index (Phi) is 15.6. The van der Waals surface area contributed by atoms with E-state index in [4.69, 9.17) is 37.5 Å². The Balaban J connectivity index is 1.37. The highest BCUT2D eigenvalue weighted by Crippen LogP contribution is 2.48. The smallest absolute Gasteiger partial charge is 0.361 e. The standard InChI is InChI=1S/C32H52N5O18P/c1-31(2,3)29(45)49-13-51-56(47,52-14-50-30(46)32(4,5)6)15-48-8-7-37-12-35-18-25(33-11-34-26(18)37)36-27-22(43)21(42)24(17(10-39)53-27)55-28-23(44)20(41)19(40)16(9-38)54-28/h11-12,16-17,19-24,27-28,38-44H,7-10,13-15H2,1-6H3,(H,33,34,36)/t16-,17-,19+,20+,21-,22-,23-,24-,27-,28+/m1/s1. The van der Waals surface area contributed by atoms with Crippen LogP contribution in [0.1, 0.15) is 41.5 Å². The zero-order valence-electron chi connectivity index (χ0n) is 31.7. The van der Waals surface area contributed by atoms with E-state index >= 15 is 0 Å². The van der Waals surface area contributed by atoms with E-state index in [1.165, 1.54) is 12.7 Å². The summed E-state index contributed by atoms with van der Waals surface area (Å²) in [5.41, 5.74) is -1.25. The first-order chi connectivity index (χ1) is 26.2. The van der Waals surface area contributed by atoms with Crippen LogP contribution in [-0.2, 0) is 58.2 Å². The zero-order chi connectivity index (χ0) is 41.6. The third-order valence-corrected chi connectivity index (χ3v) is 10.0. The predicted octanol–water partition coefficient (Wildman–Crippen LogP) is -1.84. The normalized spacial score (nSPS) is 28.9. The molecule has 318 valence electrons. The van der Waals surface area contributed by atoms with Crippen molar-refractivity contribution in [3.8, 4) is 0 Å². The quantitative estimate of drug-likeness (QED) is 0.0376. The molecular formula is C32H52N5O18P. The van der Waals surface area contributed by atoms with E-state index in [1.54, 1.807) is 46.1 Å². The van der Waals surface area contributed by atoms with E-state index in [2.05, 4.69) is 20.3 Å². The van der Waals surface area contributed by atoms with Crippen LogP contribution in [0.25, 0.3) is 11.2 Å². The maximum absolute atomic E-state index is 13.4. The summed E-state index contributed by atoms with van der Waals surface area (Å²) in [7, 11) is -4.14. The number of hydrogen-bond donors (Lipinski definition) is 8. The van der Waals surface area contributed by atoms with Gasteiger partial charge in [-0.05, 0) is 41.5 Å². The zero-order valence-corrected chi connectivity index (χ0v) is 32.6. The lowest BCUT2D eigenvalue weighted by molar-refractivity contribution is -0.340. The lowest BCUT2D eigenvalue weighted by atomic mass is 9.96. The molecule has 24 heteroatoms. The van der Waals surface area contributed by atoms with Crippen molar-refractivity contribution < 1.29 is 87.4 Å². The molecule has 0 spiro atoms. The summed E-state index contributed by atoms with van der Waals surface area (Å²) in [6.07, 6.45) is -14.0. The van der Waals surface area contributed by atoms with E-state index in [9.17, 15) is 49.9 Å². The minimum Gasteiger partial charge on any atom is -0.438 e. The highest BCUT2D eigenvalue weighted by atomic mass is 31.2. The number of aliphatic hydroxyl groups excluding tert-OH is 7. The molecule has 2 fully saturated rings. The van der Waals surface area contributed by atoms with Gasteiger partial charge in [-0.3, -0.25) is 23.2 Å². The molecule has 0 aliphatic carbocycles. The number of imidazole rings is 1. The highest BCUT2D eigenvalue weighted by Gasteiger charge is 2.50. The van der Waals surface area contributed by atoms with Gasteiger partial charge < -0.3 is 74.1 Å². The molecule has 2 aromatic rings. The third-order valence-electron chi connectivity index (χ3n) is 8.51. The minimum absolute atomic E-state index is 0.0526. The van der Waals surface area contributed by atoms with Gasteiger partial charge >= 0.3 is 19.5 Å². The van der Waals surface area contributed by atoms with Crippen LogP contribution in [0.15, 0.2) is 12.7 Å². The number of rotatable bonds is 17. The number of anilines is 1. The van der Waals surface area contributed by atoms with Gasteiger partial charge in [-0.2, -0.15) is 0 Å². The molecule has 0 amide bonds. The Morgan fingerprint density at radius 2 is 1.43 bits per heavy atom. The minimum atomic E-state index is -4.14. The summed E-state index contributed by atoms with van der Waals surface area (Å²) in [4.78, 5) is 37.0. The fourth-order valence-electron chi connectivity index (χ4n) is 5.20. The number of aromatic nitrogens is 4. The van der Waals surface area contributed by atoms with Crippen LogP contribution >= 0.6 is 7.60 Å². The van der Waals surface area contributed by atoms with Crippen LogP contribution in [0.2, 0.25) is 0 Å². The number of hydrogen-bond acceptors (Lipinski definition) is 22. The molecule has 4 rings (SSSR count). The van der Waals surface area contributed by atoms with Gasteiger partial charge in [0, 0.05) is 6.54 Å². The second kappa shape index (κ2) is 19.2. The van der Waals surface area contributed by atoms with Crippen LogP contribution in [0.3, 0.4) is 0 Å². The molecule has 2 aliphatic rings. The van der Waals surface area contributed by atoms with Crippen molar-refractivity contribution in [2.75, 3.05) is 45.1 Å². The fraction of sp³-hybridized carbons (Fsp3) is 0.781. The van der Waals surface area contributed by atoms with Crippen LogP contribution in [0, 0.1) is 10.8 Å². The first kappa shape index (κ1) is 45.7. The number of carbonyl (C=O) groups is 2. The molecule has 0 unspecified atom stereocenters. The van der Waals surface area contributed by atoms with Gasteiger partial charge in [0.25, 0.3) is 0 Å². The van der Waals surface area contributed by atoms with Gasteiger partial charge in [0.15, 0.2) is 24.0 Å². The number of aliphatic hydroxyl groups is 7. The lowest BCUT2D eigenvalue weighted by Crippen LogP contribution is -2.65. The number of nitrogens with one attached hydrogen (secondary N) is 1. The van der Waals surface area contributed by atoms with Crippen molar-refractivity contribution >= 4 is 36.5 Å². The van der Waals surface area contributed by atoms with E-state index in [0.29, 0.717) is 0 Å². The second-order valence-electron chi connectivity index (χ2n) is 15.0. The summed E-state index contributed by atoms with van der Waals surface area (Å²) in [6.45, 7) is 6.82. The van der Waals surface area contributed by atoms with Gasteiger partial charge in [0.1, 0.15) is 67.0 Å². The van der Waals surface area contributed by atoms with Crippen molar-refractivity contribution in [1.82, 2.24) is 19.5 Å². The molecule has 2 aliphatic heterocycles. The van der Waals surface area contributed by atoms with Gasteiger partial charge in [0.05, 0.1) is 37.0 Å². The third kappa shape index (κ3) is 11.3. The van der Waals surface area contributed by atoms with Crippen LogP contribution in [0.5, 0.6) is 0 Å². The molecule has 2 saturated heterocycles. The van der Waals surface area contributed by atoms with Crippen molar-refractivity contribution in [3.63, 3.8) is 0 Å². The first-order valence-corrected chi connectivity index (χ1v) is 19.2. The Bertz CT molecular complexity index is 1610. The molecule has 4 heterocycles. The van der Waals surface area contributed by atoms with E-state index < -0.39 is 125 Å². The van der Waals surface area contributed by atoms with Crippen LogP contribution in [-0.4, -0.2) is 168 Å². The van der Waals surface area contributed by atoms with Gasteiger partial charge in [-0.1, -0.05) is 0 Å². The Morgan fingerprint density at radius 1 is 0.821 bits per heavy atom. The summed E-state index contributed by atoms with van der Waals surface area (Å²) >= 11 is 0. The van der Waals surface area contributed by atoms with E-state index in [0.717, 1.165) is 0 Å². The molecule has 10 atom stereocenters. The Labute approximate surface area is 321 Å². The molecule has 0 radical (unpaired) electrons. The van der Waals surface area contributed by atoms with Crippen LogP contribution in [0.4, 0.5) is 5.82 Å². The SMILES string of the molecule is CC(C)(C)C(=O)OCOP(=O)(COCCn1cnc2c(N[C@@H]3O[C@H](CO)[C@@H](O[C@@H]4O[C@H](CO)[C@H](O)[C@H](O)[C@H]4O)[C@H](O)[C@H]3O)ncnc21)OCOC(=O)C(C)(C)C. The monoisotopic (exact) mass is 825 g/mol. The van der Waals surface area contributed by atoms with Gasteiger partial charge in [-0.25, -0.2) is 15.0 Å². The number of carbonyl (C=O) groups excluding carboxylic acids is 2. The van der Waals surface area contributed by atoms with Crippen molar-refractivity contribution in [1.29, 1.82) is 0 Å². The highest BCUT2D eigenvalue weighted by molar-refractivity contribution is 7.53. The molecule has 8 N–H and O–H groups in total. The van der Waals surface area contributed by atoms with Crippen molar-refractivity contribution in [2.45, 2.75) is 109 Å². The average Bonchev–Trinajstić information content (AvgIpc) is 3.56. The molecular weight excluding hydrogens is 773 g/mol. The molecule has 0 bridgehead atoms.